The van der Waals surface area contributed by atoms with Crippen molar-refractivity contribution in [2.24, 2.45) is 0 Å². The van der Waals surface area contributed by atoms with E-state index < -0.39 is 41.6 Å². The van der Waals surface area contributed by atoms with Gasteiger partial charge in [-0.2, -0.15) is 4.98 Å². The van der Waals surface area contributed by atoms with E-state index in [0.29, 0.717) is 0 Å². The zero-order valence-corrected chi connectivity index (χ0v) is 11.6. The zero-order valence-electron chi connectivity index (χ0n) is 11.6. The first-order chi connectivity index (χ1) is 10.3. The van der Waals surface area contributed by atoms with Gasteiger partial charge in [-0.1, -0.05) is 0 Å². The molecule has 0 bridgehead atoms. The van der Waals surface area contributed by atoms with E-state index in [2.05, 4.69) is 15.0 Å². The fourth-order valence-electron chi connectivity index (χ4n) is 3.60. The molecule has 10 heteroatoms. The molecule has 0 aromatic carbocycles. The van der Waals surface area contributed by atoms with Gasteiger partial charge in [0.15, 0.2) is 11.2 Å². The standard InChI is InChI=1S/C12H15N5O5/c1-11-9(12(11,21)6(19)4(2-18)22-11)17-3-14-5-7(17)15-10(13)16-8(5)20/h3-4,6,9,18-19,21H,2H2,1H3,(H3,13,15,16,20)/t4-,6?,9-,11?,12-/m1/s1. The van der Waals surface area contributed by atoms with E-state index in [1.54, 1.807) is 6.92 Å². The number of hydrogen-bond acceptors (Lipinski definition) is 8. The summed E-state index contributed by atoms with van der Waals surface area (Å²) in [4.78, 5) is 22.2. The number of hydrogen-bond donors (Lipinski definition) is 5. The summed E-state index contributed by atoms with van der Waals surface area (Å²) in [6.07, 6.45) is -0.769. The quantitative estimate of drug-likeness (QED) is 0.407. The van der Waals surface area contributed by atoms with E-state index in [9.17, 15) is 20.1 Å². The molecule has 2 fully saturated rings. The second kappa shape index (κ2) is 3.84. The number of nitrogens with zero attached hydrogens (tertiary/aromatic N) is 3. The lowest BCUT2D eigenvalue weighted by Crippen LogP contribution is -2.39. The van der Waals surface area contributed by atoms with Crippen molar-refractivity contribution in [3.05, 3.63) is 16.7 Å². The molecule has 1 saturated carbocycles. The van der Waals surface area contributed by atoms with Gasteiger partial charge in [0.1, 0.15) is 29.5 Å². The predicted octanol–water partition coefficient (Wildman–Crippen LogP) is -2.50. The van der Waals surface area contributed by atoms with Crippen molar-refractivity contribution in [3.8, 4) is 0 Å². The Kier molecular flexibility index (Phi) is 2.38. The third kappa shape index (κ3) is 1.31. The van der Waals surface area contributed by atoms with Crippen molar-refractivity contribution in [1.29, 1.82) is 0 Å². The molecule has 4 rings (SSSR count). The topological polar surface area (TPSA) is 160 Å². The largest absolute Gasteiger partial charge is 0.394 e. The van der Waals surface area contributed by atoms with Gasteiger partial charge < -0.3 is 30.4 Å². The summed E-state index contributed by atoms with van der Waals surface area (Å²) >= 11 is 0. The molecule has 6 N–H and O–H groups in total. The van der Waals surface area contributed by atoms with Gasteiger partial charge in [-0.05, 0) is 6.92 Å². The highest BCUT2D eigenvalue weighted by molar-refractivity contribution is 5.71. The molecule has 3 heterocycles. The molecule has 0 spiro atoms. The minimum Gasteiger partial charge on any atom is -0.394 e. The molecule has 2 aromatic rings. The lowest BCUT2D eigenvalue weighted by atomic mass is 10.1. The molecule has 22 heavy (non-hydrogen) atoms. The van der Waals surface area contributed by atoms with Gasteiger partial charge in [0, 0.05) is 0 Å². The average Bonchev–Trinajstić information content (AvgIpc) is 2.75. The van der Waals surface area contributed by atoms with Crippen LogP contribution in [-0.2, 0) is 4.74 Å². The first-order valence-corrected chi connectivity index (χ1v) is 6.76. The maximum atomic E-state index is 11.8. The van der Waals surface area contributed by atoms with Crippen LogP contribution in [0.25, 0.3) is 11.2 Å². The Hall–Kier alpha value is -2.01. The Morgan fingerprint density at radius 1 is 1.59 bits per heavy atom. The van der Waals surface area contributed by atoms with E-state index >= 15 is 0 Å². The highest BCUT2D eigenvalue weighted by Gasteiger charge is 2.85. The molecule has 5 atom stereocenters. The molecule has 2 aliphatic rings. The van der Waals surface area contributed by atoms with Crippen LogP contribution in [0, 0.1) is 0 Å². The number of aromatic amines is 1. The number of nitrogen functional groups attached to an aromatic ring is 1. The maximum absolute atomic E-state index is 11.8. The van der Waals surface area contributed by atoms with E-state index in [1.807, 2.05) is 0 Å². The summed E-state index contributed by atoms with van der Waals surface area (Å²) in [5, 5.41) is 30.1. The zero-order chi connectivity index (χ0) is 15.9. The highest BCUT2D eigenvalue weighted by atomic mass is 16.6. The predicted molar refractivity (Wildman–Crippen MR) is 72.9 cm³/mol. The van der Waals surface area contributed by atoms with Crippen LogP contribution in [0.15, 0.2) is 11.1 Å². The number of fused-ring (bicyclic) bond motifs is 2. The summed E-state index contributed by atoms with van der Waals surface area (Å²) in [5.41, 5.74) is 2.64. The molecule has 2 unspecified atom stereocenters. The normalized spacial score (nSPS) is 40.1. The van der Waals surface area contributed by atoms with Crippen LogP contribution in [0.3, 0.4) is 0 Å². The van der Waals surface area contributed by atoms with Crippen molar-refractivity contribution >= 4 is 17.1 Å². The van der Waals surface area contributed by atoms with E-state index in [-0.39, 0.29) is 17.1 Å². The van der Waals surface area contributed by atoms with Gasteiger partial charge in [0.2, 0.25) is 5.95 Å². The number of imidazole rings is 1. The smallest absolute Gasteiger partial charge is 0.280 e. The van der Waals surface area contributed by atoms with E-state index in [0.717, 1.165) is 0 Å². The van der Waals surface area contributed by atoms with Crippen molar-refractivity contribution in [2.45, 2.75) is 36.4 Å². The van der Waals surface area contributed by atoms with Crippen molar-refractivity contribution in [2.75, 3.05) is 12.3 Å². The van der Waals surface area contributed by atoms with Gasteiger partial charge in [-0.15, -0.1) is 0 Å². The summed E-state index contributed by atoms with van der Waals surface area (Å²) in [6, 6.07) is -0.684. The molecule has 1 saturated heterocycles. The van der Waals surface area contributed by atoms with Crippen LogP contribution in [-0.4, -0.2) is 64.9 Å². The van der Waals surface area contributed by atoms with E-state index in [4.69, 9.17) is 10.5 Å². The number of aromatic nitrogens is 4. The Morgan fingerprint density at radius 3 is 2.91 bits per heavy atom. The minimum absolute atomic E-state index is 0.0723. The fourth-order valence-corrected chi connectivity index (χ4v) is 3.60. The molecule has 0 radical (unpaired) electrons. The number of nitrogens with one attached hydrogen (secondary N) is 1. The van der Waals surface area contributed by atoms with Crippen LogP contribution < -0.4 is 11.3 Å². The summed E-state index contributed by atoms with van der Waals surface area (Å²) < 4.78 is 7.06. The molecule has 1 aliphatic carbocycles. The van der Waals surface area contributed by atoms with Crippen LogP contribution in [0.2, 0.25) is 0 Å². The Balaban J connectivity index is 1.85. The number of aliphatic hydroxyl groups excluding tert-OH is 2. The van der Waals surface area contributed by atoms with Crippen LogP contribution in [0.1, 0.15) is 13.0 Å². The van der Waals surface area contributed by atoms with Crippen molar-refractivity contribution in [1.82, 2.24) is 19.5 Å². The second-order valence-corrected chi connectivity index (χ2v) is 5.89. The number of H-pyrrole nitrogens is 1. The molecule has 10 nitrogen and oxygen atoms in total. The maximum Gasteiger partial charge on any atom is 0.280 e. The second-order valence-electron chi connectivity index (χ2n) is 5.89. The van der Waals surface area contributed by atoms with Crippen molar-refractivity contribution < 1.29 is 20.1 Å². The Labute approximate surface area is 123 Å². The van der Waals surface area contributed by atoms with Crippen molar-refractivity contribution in [3.63, 3.8) is 0 Å². The third-order valence-corrected chi connectivity index (χ3v) is 4.76. The van der Waals surface area contributed by atoms with Crippen LogP contribution in [0.4, 0.5) is 5.95 Å². The van der Waals surface area contributed by atoms with Gasteiger partial charge in [0.25, 0.3) is 5.56 Å². The highest BCUT2D eigenvalue weighted by Crippen LogP contribution is 2.67. The lowest BCUT2D eigenvalue weighted by Gasteiger charge is -2.21. The SMILES string of the molecule is CC12O[C@H](CO)C(O)[C@@]1(O)[C@@H]2n1cnc2c(=O)[nH]c(N)nc21. The first kappa shape index (κ1) is 13.6. The molecule has 2 aromatic heterocycles. The molecule has 0 amide bonds. The van der Waals surface area contributed by atoms with Crippen LogP contribution in [0.5, 0.6) is 0 Å². The van der Waals surface area contributed by atoms with Crippen LogP contribution >= 0.6 is 0 Å². The average molecular weight is 309 g/mol. The third-order valence-electron chi connectivity index (χ3n) is 4.76. The fraction of sp³-hybridized carbons (Fsp3) is 0.583. The minimum atomic E-state index is -1.59. The van der Waals surface area contributed by atoms with Gasteiger partial charge in [-0.25, -0.2) is 4.98 Å². The molecular weight excluding hydrogens is 294 g/mol. The Bertz CT molecular complexity index is 833. The monoisotopic (exact) mass is 309 g/mol. The van der Waals surface area contributed by atoms with Gasteiger partial charge in [-0.3, -0.25) is 9.78 Å². The first-order valence-electron chi connectivity index (χ1n) is 6.76. The van der Waals surface area contributed by atoms with Gasteiger partial charge in [0.05, 0.1) is 12.9 Å². The lowest BCUT2D eigenvalue weighted by molar-refractivity contribution is -0.0726. The number of anilines is 1. The van der Waals surface area contributed by atoms with Gasteiger partial charge >= 0.3 is 0 Å². The number of rotatable bonds is 2. The van der Waals surface area contributed by atoms with E-state index in [1.165, 1.54) is 10.9 Å². The molecule has 118 valence electrons. The number of aliphatic hydroxyl groups is 3. The Morgan fingerprint density at radius 2 is 2.32 bits per heavy atom. The number of nitrogens with two attached hydrogens (primary N) is 1. The summed E-state index contributed by atoms with van der Waals surface area (Å²) in [5.74, 6) is -0.0723. The molecule has 1 aliphatic heterocycles. The summed E-state index contributed by atoms with van der Waals surface area (Å²) in [6.45, 7) is 1.22. The number of ether oxygens (including phenoxy) is 1. The summed E-state index contributed by atoms with van der Waals surface area (Å²) in [7, 11) is 0. The molecular formula is C12H15N5O5.